The number of nitrogens with two attached hydrogens (primary N) is 1. The monoisotopic (exact) mass is 179 g/mol. The van der Waals surface area contributed by atoms with E-state index in [-0.39, 0.29) is 15.9 Å². The van der Waals surface area contributed by atoms with E-state index in [0.29, 0.717) is 0 Å². The van der Waals surface area contributed by atoms with Gasteiger partial charge in [-0.25, -0.2) is 5.10 Å². The summed E-state index contributed by atoms with van der Waals surface area (Å²) in [5, 5.41) is 5.29. The lowest BCUT2D eigenvalue weighted by atomic mass is 10.5. The first-order chi connectivity index (χ1) is 4.63. The van der Waals surface area contributed by atoms with Gasteiger partial charge >= 0.3 is 0 Å². The van der Waals surface area contributed by atoms with E-state index in [1.165, 1.54) is 0 Å². The van der Waals surface area contributed by atoms with Gasteiger partial charge in [0.1, 0.15) is 10.0 Å². The van der Waals surface area contributed by atoms with Crippen LogP contribution in [0.3, 0.4) is 0 Å². The molecule has 54 valence electrons. The van der Waals surface area contributed by atoms with Crippen LogP contribution in [-0.2, 0) is 0 Å². The highest BCUT2D eigenvalue weighted by Crippen LogP contribution is 2.20. The van der Waals surface area contributed by atoms with Crippen LogP contribution in [-0.4, -0.2) is 10.2 Å². The average Bonchev–Trinajstić information content (AvgIpc) is 1.93. The predicted molar refractivity (Wildman–Crippen MR) is 39.3 cm³/mol. The van der Waals surface area contributed by atoms with Gasteiger partial charge in [0.15, 0.2) is 5.82 Å². The molecule has 0 radical (unpaired) electrons. The summed E-state index contributed by atoms with van der Waals surface area (Å²) in [7, 11) is 0. The van der Waals surface area contributed by atoms with Gasteiger partial charge in [0.2, 0.25) is 0 Å². The van der Waals surface area contributed by atoms with Crippen molar-refractivity contribution in [2.24, 2.45) is 0 Å². The summed E-state index contributed by atoms with van der Waals surface area (Å²) >= 11 is 10.8. The van der Waals surface area contributed by atoms with E-state index in [0.717, 1.165) is 0 Å². The molecule has 1 heterocycles. The molecular weight excluding hydrogens is 177 g/mol. The lowest BCUT2D eigenvalue weighted by Gasteiger charge is -1.94. The van der Waals surface area contributed by atoms with E-state index in [2.05, 4.69) is 10.2 Å². The van der Waals surface area contributed by atoms with Gasteiger partial charge in [-0.15, -0.1) is 0 Å². The number of halogens is 2. The fourth-order valence-electron chi connectivity index (χ4n) is 0.421. The SMILES string of the molecule is Nc1n[nH]c(=O)c(Cl)c1Cl. The Morgan fingerprint density at radius 1 is 1.40 bits per heavy atom. The first-order valence-corrected chi connectivity index (χ1v) is 3.07. The van der Waals surface area contributed by atoms with Crippen molar-refractivity contribution >= 4 is 29.0 Å². The molecular formula is C4H3Cl2N3O. The molecule has 0 bridgehead atoms. The second-order valence-corrected chi connectivity index (χ2v) is 2.32. The van der Waals surface area contributed by atoms with Crippen LogP contribution < -0.4 is 11.3 Å². The molecule has 0 atom stereocenters. The summed E-state index contributed by atoms with van der Waals surface area (Å²) < 4.78 is 0. The molecule has 0 amide bonds. The summed E-state index contributed by atoms with van der Waals surface area (Å²) in [5.74, 6) is 0.0197. The van der Waals surface area contributed by atoms with Crippen LogP contribution in [0.2, 0.25) is 10.0 Å². The largest absolute Gasteiger partial charge is 0.381 e. The van der Waals surface area contributed by atoms with Crippen molar-refractivity contribution in [2.75, 3.05) is 5.73 Å². The maximum Gasteiger partial charge on any atom is 0.284 e. The third kappa shape index (κ3) is 1.08. The van der Waals surface area contributed by atoms with Crippen LogP contribution >= 0.6 is 23.2 Å². The van der Waals surface area contributed by atoms with E-state index in [4.69, 9.17) is 28.9 Å². The van der Waals surface area contributed by atoms with Crippen molar-refractivity contribution in [2.45, 2.75) is 0 Å². The summed E-state index contributed by atoms with van der Waals surface area (Å²) in [6, 6.07) is 0. The summed E-state index contributed by atoms with van der Waals surface area (Å²) in [6.45, 7) is 0. The molecule has 0 aliphatic heterocycles. The summed E-state index contributed by atoms with van der Waals surface area (Å²) in [4.78, 5) is 10.6. The van der Waals surface area contributed by atoms with E-state index in [1.807, 2.05) is 0 Å². The fourth-order valence-corrected chi connectivity index (χ4v) is 0.688. The molecule has 0 saturated carbocycles. The van der Waals surface area contributed by atoms with E-state index < -0.39 is 5.56 Å². The van der Waals surface area contributed by atoms with Crippen molar-refractivity contribution in [1.29, 1.82) is 0 Å². The molecule has 0 fully saturated rings. The summed E-state index contributed by atoms with van der Waals surface area (Å²) in [6.07, 6.45) is 0. The average molecular weight is 180 g/mol. The van der Waals surface area contributed by atoms with Crippen molar-refractivity contribution in [1.82, 2.24) is 10.2 Å². The maximum absolute atomic E-state index is 10.6. The number of nitrogens with one attached hydrogen (secondary N) is 1. The molecule has 1 rings (SSSR count). The quantitative estimate of drug-likeness (QED) is 0.615. The third-order valence-corrected chi connectivity index (χ3v) is 1.73. The molecule has 0 unspecified atom stereocenters. The number of hydrogen-bond acceptors (Lipinski definition) is 3. The van der Waals surface area contributed by atoms with Gasteiger partial charge in [-0.2, -0.15) is 5.10 Å². The van der Waals surface area contributed by atoms with Gasteiger partial charge in [-0.05, 0) is 0 Å². The molecule has 0 saturated heterocycles. The molecule has 6 heteroatoms. The Labute approximate surface area is 65.9 Å². The molecule has 10 heavy (non-hydrogen) atoms. The number of H-pyrrole nitrogens is 1. The minimum absolute atomic E-state index is 0.00887. The van der Waals surface area contributed by atoms with Gasteiger partial charge < -0.3 is 5.73 Å². The molecule has 4 nitrogen and oxygen atoms in total. The predicted octanol–water partition coefficient (Wildman–Crippen LogP) is 0.659. The molecule has 0 spiro atoms. The minimum Gasteiger partial charge on any atom is -0.381 e. The van der Waals surface area contributed by atoms with Gasteiger partial charge in [0.05, 0.1) is 0 Å². The number of nitrogen functional groups attached to an aromatic ring is 1. The van der Waals surface area contributed by atoms with Crippen LogP contribution in [0.15, 0.2) is 4.79 Å². The Morgan fingerprint density at radius 3 is 2.50 bits per heavy atom. The molecule has 0 aromatic carbocycles. The third-order valence-electron chi connectivity index (χ3n) is 0.895. The highest BCUT2D eigenvalue weighted by atomic mass is 35.5. The highest BCUT2D eigenvalue weighted by Gasteiger charge is 2.05. The molecule has 0 aliphatic carbocycles. The second kappa shape index (κ2) is 2.48. The number of rotatable bonds is 0. The Morgan fingerprint density at radius 2 is 2.00 bits per heavy atom. The topological polar surface area (TPSA) is 71.8 Å². The minimum atomic E-state index is -0.541. The zero-order valence-corrected chi connectivity index (χ0v) is 6.20. The van der Waals surface area contributed by atoms with Crippen molar-refractivity contribution in [3.8, 4) is 0 Å². The Kier molecular flexibility index (Phi) is 1.82. The fraction of sp³-hybridized carbons (Fsp3) is 0. The smallest absolute Gasteiger partial charge is 0.284 e. The van der Waals surface area contributed by atoms with Gasteiger partial charge in [0, 0.05) is 0 Å². The second-order valence-electron chi connectivity index (χ2n) is 1.57. The first-order valence-electron chi connectivity index (χ1n) is 2.32. The highest BCUT2D eigenvalue weighted by molar-refractivity contribution is 6.43. The zero-order chi connectivity index (χ0) is 7.72. The van der Waals surface area contributed by atoms with Crippen LogP contribution in [0.25, 0.3) is 0 Å². The van der Waals surface area contributed by atoms with Crippen LogP contribution in [0.5, 0.6) is 0 Å². The lowest BCUT2D eigenvalue weighted by molar-refractivity contribution is 0.999. The number of anilines is 1. The number of aromatic nitrogens is 2. The van der Waals surface area contributed by atoms with Crippen LogP contribution in [0.1, 0.15) is 0 Å². The summed E-state index contributed by atoms with van der Waals surface area (Å²) in [5.41, 5.74) is 4.65. The Balaban J connectivity index is 3.49. The van der Waals surface area contributed by atoms with E-state index in [1.54, 1.807) is 0 Å². The van der Waals surface area contributed by atoms with E-state index >= 15 is 0 Å². The van der Waals surface area contributed by atoms with Crippen molar-refractivity contribution in [3.63, 3.8) is 0 Å². The standard InChI is InChI=1S/C4H3Cl2N3O/c5-1-2(6)4(10)9-8-3(1)7/h(H2,7,8)(H,9,10). The van der Waals surface area contributed by atoms with Crippen LogP contribution in [0.4, 0.5) is 5.82 Å². The maximum atomic E-state index is 10.6. The number of hydrogen-bond donors (Lipinski definition) is 2. The molecule has 1 aromatic heterocycles. The zero-order valence-electron chi connectivity index (χ0n) is 4.69. The molecule has 1 aromatic rings. The number of aromatic amines is 1. The molecule has 3 N–H and O–H groups in total. The van der Waals surface area contributed by atoms with Crippen molar-refractivity contribution < 1.29 is 0 Å². The Bertz CT molecular complexity index is 308. The van der Waals surface area contributed by atoms with Crippen molar-refractivity contribution in [3.05, 3.63) is 20.4 Å². The molecule has 0 aliphatic rings. The normalized spacial score (nSPS) is 9.80. The van der Waals surface area contributed by atoms with E-state index in [9.17, 15) is 4.79 Å². The Hall–Kier alpha value is -0.740. The van der Waals surface area contributed by atoms with Crippen LogP contribution in [0, 0.1) is 0 Å². The first kappa shape index (κ1) is 7.37. The van der Waals surface area contributed by atoms with Gasteiger partial charge in [0.25, 0.3) is 5.56 Å². The lowest BCUT2D eigenvalue weighted by Crippen LogP contribution is -2.10. The number of nitrogens with zero attached hydrogens (tertiary/aromatic N) is 1. The van der Waals surface area contributed by atoms with Gasteiger partial charge in [-0.1, -0.05) is 23.2 Å². The van der Waals surface area contributed by atoms with Gasteiger partial charge in [-0.3, -0.25) is 4.79 Å².